The minimum atomic E-state index is 0.396. The van der Waals surface area contributed by atoms with Crippen molar-refractivity contribution in [2.45, 2.75) is 40.7 Å². The van der Waals surface area contributed by atoms with E-state index in [1.807, 2.05) is 0 Å². The average Bonchev–Trinajstić information content (AvgIpc) is 3.03. The molecule has 0 saturated carbocycles. The second kappa shape index (κ2) is 6.70. The summed E-state index contributed by atoms with van der Waals surface area (Å²) in [5, 5.41) is 5.30. The first-order chi connectivity index (χ1) is 14.4. The Bertz CT molecular complexity index is 1450. The molecule has 2 aromatic heterocycles. The molecule has 0 aliphatic heterocycles. The molecule has 0 amide bonds. The topological polar surface area (TPSA) is 8.81 Å². The zero-order chi connectivity index (χ0) is 21.2. The van der Waals surface area contributed by atoms with Crippen LogP contribution in [0.25, 0.3) is 43.8 Å². The van der Waals surface area contributed by atoms with Crippen LogP contribution in [0.2, 0.25) is 0 Å². The highest BCUT2D eigenvalue weighted by atomic mass is 15.0. The van der Waals surface area contributed by atoms with Crippen molar-refractivity contribution < 1.29 is 4.57 Å². The van der Waals surface area contributed by atoms with E-state index in [9.17, 15) is 0 Å². The van der Waals surface area contributed by atoms with Crippen LogP contribution in [-0.2, 0) is 7.05 Å². The normalized spacial score (nSPS) is 12.0. The van der Waals surface area contributed by atoms with Gasteiger partial charge in [0.2, 0.25) is 5.69 Å². The highest BCUT2D eigenvalue weighted by molar-refractivity contribution is 6.10. The molecule has 2 nitrogen and oxygen atoms in total. The Balaban J connectivity index is 1.95. The van der Waals surface area contributed by atoms with E-state index in [4.69, 9.17) is 0 Å². The van der Waals surface area contributed by atoms with Gasteiger partial charge >= 0.3 is 0 Å². The second-order valence-corrected chi connectivity index (χ2v) is 8.95. The summed E-state index contributed by atoms with van der Waals surface area (Å²) in [6.45, 7) is 11.2. The predicted octanol–water partition coefficient (Wildman–Crippen LogP) is 6.95. The Kier molecular flexibility index (Phi) is 4.21. The zero-order valence-corrected chi connectivity index (χ0v) is 18.7. The Morgan fingerprint density at radius 1 is 0.767 bits per heavy atom. The van der Waals surface area contributed by atoms with Gasteiger partial charge in [-0.1, -0.05) is 35.9 Å². The van der Waals surface area contributed by atoms with E-state index < -0.39 is 0 Å². The standard InChI is InChI=1S/C28H29N2/c1-17(2)30-26-10-8-7-9-22(26)25-14-19(4)23(16-27(25)30)28-24-13-18(3)11-12-21(24)15-20(5)29(28)6/h7-17H,1-6H3/q+1. The number of rotatable bonds is 2. The van der Waals surface area contributed by atoms with E-state index in [0.717, 1.165) is 0 Å². The highest BCUT2D eigenvalue weighted by Gasteiger charge is 2.22. The third-order valence-electron chi connectivity index (χ3n) is 6.52. The summed E-state index contributed by atoms with van der Waals surface area (Å²) < 4.78 is 4.83. The van der Waals surface area contributed by atoms with Gasteiger partial charge in [-0.15, -0.1) is 0 Å². The lowest BCUT2D eigenvalue weighted by atomic mass is 9.96. The summed E-state index contributed by atoms with van der Waals surface area (Å²) in [6.07, 6.45) is 0. The lowest BCUT2D eigenvalue weighted by Crippen LogP contribution is -2.35. The Hall–Kier alpha value is -3.13. The molecule has 2 heterocycles. The molecular formula is C28H29N2+. The molecule has 2 heteroatoms. The summed E-state index contributed by atoms with van der Waals surface area (Å²) in [7, 11) is 2.19. The second-order valence-electron chi connectivity index (χ2n) is 8.95. The maximum Gasteiger partial charge on any atom is 0.220 e. The van der Waals surface area contributed by atoms with Crippen LogP contribution in [0.1, 0.15) is 36.7 Å². The number of hydrogen-bond acceptors (Lipinski definition) is 0. The number of fused-ring (bicyclic) bond motifs is 4. The fourth-order valence-electron chi connectivity index (χ4n) is 4.97. The van der Waals surface area contributed by atoms with Crippen LogP contribution in [0, 0.1) is 20.8 Å². The van der Waals surface area contributed by atoms with Crippen molar-refractivity contribution in [2.75, 3.05) is 0 Å². The summed E-state index contributed by atoms with van der Waals surface area (Å²) in [5.74, 6) is 0. The predicted molar refractivity (Wildman–Crippen MR) is 128 cm³/mol. The summed E-state index contributed by atoms with van der Waals surface area (Å²) in [6, 6.07) is 23.1. The SMILES string of the molecule is Cc1ccc2cc(C)[n+](C)c(-c3cc4c(cc3C)c3ccccc3n4C(C)C)c2c1. The lowest BCUT2D eigenvalue weighted by Gasteiger charge is -2.14. The van der Waals surface area contributed by atoms with Crippen LogP contribution in [-0.4, -0.2) is 4.57 Å². The molecule has 3 aromatic carbocycles. The van der Waals surface area contributed by atoms with Gasteiger partial charge in [0.1, 0.15) is 7.05 Å². The number of pyridine rings is 1. The first-order valence-electron chi connectivity index (χ1n) is 10.8. The Morgan fingerprint density at radius 2 is 1.53 bits per heavy atom. The van der Waals surface area contributed by atoms with Crippen molar-refractivity contribution in [1.29, 1.82) is 0 Å². The number of para-hydroxylation sites is 1. The summed E-state index contributed by atoms with van der Waals surface area (Å²) >= 11 is 0. The Morgan fingerprint density at radius 3 is 2.30 bits per heavy atom. The number of benzene rings is 3. The van der Waals surface area contributed by atoms with Crippen LogP contribution in [0.4, 0.5) is 0 Å². The minimum Gasteiger partial charge on any atom is -0.338 e. The monoisotopic (exact) mass is 393 g/mol. The van der Waals surface area contributed by atoms with Crippen molar-refractivity contribution in [3.63, 3.8) is 0 Å². The van der Waals surface area contributed by atoms with Gasteiger partial charge in [0.05, 0.1) is 16.5 Å². The van der Waals surface area contributed by atoms with Crippen molar-refractivity contribution in [1.82, 2.24) is 4.57 Å². The van der Waals surface area contributed by atoms with Crippen LogP contribution in [0.3, 0.4) is 0 Å². The van der Waals surface area contributed by atoms with E-state index in [0.29, 0.717) is 6.04 Å². The molecule has 5 aromatic rings. The molecule has 0 N–H and O–H groups in total. The first kappa shape index (κ1) is 18.9. The molecule has 30 heavy (non-hydrogen) atoms. The molecule has 0 fully saturated rings. The van der Waals surface area contributed by atoms with E-state index in [2.05, 4.69) is 111 Å². The molecule has 0 saturated heterocycles. The molecule has 0 radical (unpaired) electrons. The van der Waals surface area contributed by atoms with E-state index in [1.165, 1.54) is 60.7 Å². The maximum absolute atomic E-state index is 2.48. The van der Waals surface area contributed by atoms with E-state index in [1.54, 1.807) is 0 Å². The molecule has 0 unspecified atom stereocenters. The maximum atomic E-state index is 2.48. The van der Waals surface area contributed by atoms with E-state index in [-0.39, 0.29) is 0 Å². The Labute approximate surface area is 178 Å². The summed E-state index contributed by atoms with van der Waals surface area (Å²) in [5.41, 5.74) is 9.12. The zero-order valence-electron chi connectivity index (χ0n) is 18.7. The minimum absolute atomic E-state index is 0.396. The first-order valence-corrected chi connectivity index (χ1v) is 10.8. The van der Waals surface area contributed by atoms with Gasteiger partial charge in [0, 0.05) is 35.3 Å². The van der Waals surface area contributed by atoms with Gasteiger partial charge in [0.25, 0.3) is 0 Å². The molecule has 5 rings (SSSR count). The number of hydrogen-bond donors (Lipinski definition) is 0. The van der Waals surface area contributed by atoms with Crippen LogP contribution < -0.4 is 4.57 Å². The van der Waals surface area contributed by atoms with Gasteiger partial charge in [-0.25, -0.2) is 0 Å². The molecule has 0 aliphatic carbocycles. The van der Waals surface area contributed by atoms with Crippen molar-refractivity contribution >= 4 is 32.6 Å². The number of nitrogens with zero attached hydrogens (tertiary/aromatic N) is 2. The van der Waals surface area contributed by atoms with Gasteiger partial charge in [-0.05, 0) is 62.9 Å². The molecule has 0 spiro atoms. The fourth-order valence-corrected chi connectivity index (χ4v) is 4.97. The molecule has 150 valence electrons. The van der Waals surface area contributed by atoms with Gasteiger partial charge in [0.15, 0.2) is 5.69 Å². The number of aryl methyl sites for hydroxylation is 3. The van der Waals surface area contributed by atoms with Crippen LogP contribution in [0.15, 0.2) is 60.7 Å². The fraction of sp³-hybridized carbons (Fsp3) is 0.250. The molecule has 0 bridgehead atoms. The third kappa shape index (κ3) is 2.67. The van der Waals surface area contributed by atoms with Crippen molar-refractivity contribution in [3.05, 3.63) is 77.5 Å². The van der Waals surface area contributed by atoms with Gasteiger partial charge in [-0.2, -0.15) is 4.57 Å². The van der Waals surface area contributed by atoms with Crippen LogP contribution >= 0.6 is 0 Å². The number of aromatic nitrogens is 2. The third-order valence-corrected chi connectivity index (χ3v) is 6.52. The van der Waals surface area contributed by atoms with Crippen molar-refractivity contribution in [2.24, 2.45) is 7.05 Å². The molecule has 0 aliphatic rings. The smallest absolute Gasteiger partial charge is 0.220 e. The highest BCUT2D eigenvalue weighted by Crippen LogP contribution is 2.37. The quantitative estimate of drug-likeness (QED) is 0.287. The lowest BCUT2D eigenvalue weighted by molar-refractivity contribution is -0.665. The summed E-state index contributed by atoms with van der Waals surface area (Å²) in [4.78, 5) is 0. The van der Waals surface area contributed by atoms with Gasteiger partial charge in [-0.3, -0.25) is 0 Å². The van der Waals surface area contributed by atoms with E-state index >= 15 is 0 Å². The molecule has 0 atom stereocenters. The van der Waals surface area contributed by atoms with Gasteiger partial charge < -0.3 is 4.57 Å². The van der Waals surface area contributed by atoms with Crippen molar-refractivity contribution in [3.8, 4) is 11.3 Å². The molecular weight excluding hydrogens is 364 g/mol. The van der Waals surface area contributed by atoms with Crippen LogP contribution in [0.5, 0.6) is 0 Å². The average molecular weight is 394 g/mol. The largest absolute Gasteiger partial charge is 0.338 e.